The number of hydrogen-bond acceptors (Lipinski definition) is 2. The lowest BCUT2D eigenvalue weighted by atomic mass is 9.89. The second kappa shape index (κ2) is 11.6. The quantitative estimate of drug-likeness (QED) is 0.222. The van der Waals surface area contributed by atoms with Gasteiger partial charge in [0, 0.05) is 31.0 Å². The summed E-state index contributed by atoms with van der Waals surface area (Å²) in [4.78, 5) is 17.0. The van der Waals surface area contributed by atoms with Gasteiger partial charge >= 0.3 is 0 Å². The molecule has 0 heterocycles. The van der Waals surface area contributed by atoms with Gasteiger partial charge in [-0.2, -0.15) is 0 Å². The number of aliphatic imine (C=N–C) groups is 1. The largest absolute Gasteiger partial charge is 0.357 e. The molecule has 1 aromatic carbocycles. The van der Waals surface area contributed by atoms with Crippen molar-refractivity contribution in [1.82, 2.24) is 16.0 Å². The first-order chi connectivity index (χ1) is 13.2. The Hall–Kier alpha value is -1.31. The van der Waals surface area contributed by atoms with E-state index >= 15 is 0 Å². The molecule has 0 aliphatic heterocycles. The summed E-state index contributed by atoms with van der Waals surface area (Å²) in [6, 6.07) is 10.7. The molecule has 6 heteroatoms. The van der Waals surface area contributed by atoms with Gasteiger partial charge in [-0.05, 0) is 38.2 Å². The van der Waals surface area contributed by atoms with Gasteiger partial charge in [-0.1, -0.05) is 49.6 Å². The van der Waals surface area contributed by atoms with E-state index in [1.165, 1.54) is 37.7 Å². The molecule has 0 saturated heterocycles. The number of rotatable bonds is 8. The van der Waals surface area contributed by atoms with Crippen molar-refractivity contribution in [3.63, 3.8) is 0 Å². The normalized spacial score (nSPS) is 18.7. The number of carbonyl (C=O) groups excluding carboxylic acids is 1. The number of benzene rings is 1. The highest BCUT2D eigenvalue weighted by Crippen LogP contribution is 2.48. The minimum Gasteiger partial charge on any atom is -0.357 e. The van der Waals surface area contributed by atoms with E-state index in [0.717, 1.165) is 31.9 Å². The molecule has 0 spiro atoms. The summed E-state index contributed by atoms with van der Waals surface area (Å²) in [5.41, 5.74) is 1.61. The molecule has 0 bridgehead atoms. The van der Waals surface area contributed by atoms with Crippen molar-refractivity contribution in [2.75, 3.05) is 26.2 Å². The van der Waals surface area contributed by atoms with Crippen LogP contribution in [0, 0.1) is 5.92 Å². The second-order valence-corrected chi connectivity index (χ2v) is 7.89. The molecule has 156 valence electrons. The second-order valence-electron chi connectivity index (χ2n) is 7.89. The summed E-state index contributed by atoms with van der Waals surface area (Å²) in [6.45, 7) is 5.05. The Kier molecular flexibility index (Phi) is 9.55. The SMILES string of the molecule is CCNC(=NCC1(c2ccccc2)CC1)NCCNC(=O)C1CCCCC1.I. The molecule has 0 radical (unpaired) electrons. The maximum absolute atomic E-state index is 12.2. The van der Waals surface area contributed by atoms with Crippen molar-refractivity contribution in [2.45, 2.75) is 57.3 Å². The molecule has 2 saturated carbocycles. The van der Waals surface area contributed by atoms with Crippen molar-refractivity contribution in [1.29, 1.82) is 0 Å². The lowest BCUT2D eigenvalue weighted by Crippen LogP contribution is -2.43. The molecular formula is C22H35IN4O. The Balaban J connectivity index is 0.00000280. The predicted octanol–water partition coefficient (Wildman–Crippen LogP) is 3.59. The van der Waals surface area contributed by atoms with E-state index in [4.69, 9.17) is 4.99 Å². The third kappa shape index (κ3) is 6.64. The highest BCUT2D eigenvalue weighted by molar-refractivity contribution is 14.0. The van der Waals surface area contributed by atoms with Gasteiger partial charge < -0.3 is 16.0 Å². The first-order valence-electron chi connectivity index (χ1n) is 10.6. The zero-order chi connectivity index (χ0) is 19.0. The lowest BCUT2D eigenvalue weighted by molar-refractivity contribution is -0.125. The van der Waals surface area contributed by atoms with Gasteiger partial charge in [-0.3, -0.25) is 9.79 Å². The number of halogens is 1. The first kappa shape index (κ1) is 23.0. The Morgan fingerprint density at radius 1 is 1.04 bits per heavy atom. The summed E-state index contributed by atoms with van der Waals surface area (Å²) < 4.78 is 0. The topological polar surface area (TPSA) is 65.5 Å². The van der Waals surface area contributed by atoms with Crippen molar-refractivity contribution in [3.05, 3.63) is 35.9 Å². The van der Waals surface area contributed by atoms with E-state index in [1.54, 1.807) is 0 Å². The van der Waals surface area contributed by atoms with Crippen LogP contribution in [0.25, 0.3) is 0 Å². The number of nitrogens with zero attached hydrogens (tertiary/aromatic N) is 1. The monoisotopic (exact) mass is 498 g/mol. The van der Waals surface area contributed by atoms with Crippen molar-refractivity contribution < 1.29 is 4.79 Å². The van der Waals surface area contributed by atoms with Crippen molar-refractivity contribution >= 4 is 35.8 Å². The number of hydrogen-bond donors (Lipinski definition) is 3. The fourth-order valence-electron chi connectivity index (χ4n) is 3.93. The van der Waals surface area contributed by atoms with Crippen molar-refractivity contribution in [2.24, 2.45) is 10.9 Å². The highest BCUT2D eigenvalue weighted by atomic mass is 127. The maximum atomic E-state index is 12.2. The zero-order valence-electron chi connectivity index (χ0n) is 17.0. The molecule has 2 aliphatic carbocycles. The van der Waals surface area contributed by atoms with E-state index in [9.17, 15) is 4.79 Å². The molecule has 5 nitrogen and oxygen atoms in total. The number of nitrogens with one attached hydrogen (secondary N) is 3. The molecule has 3 rings (SSSR count). The first-order valence-corrected chi connectivity index (χ1v) is 10.6. The molecule has 3 N–H and O–H groups in total. The van der Waals surface area contributed by atoms with Gasteiger partial charge in [0.25, 0.3) is 0 Å². The number of amides is 1. The fraction of sp³-hybridized carbons (Fsp3) is 0.636. The molecule has 28 heavy (non-hydrogen) atoms. The highest BCUT2D eigenvalue weighted by Gasteiger charge is 2.43. The van der Waals surface area contributed by atoms with Gasteiger partial charge in [0.05, 0.1) is 6.54 Å². The van der Waals surface area contributed by atoms with E-state index in [1.807, 2.05) is 0 Å². The minimum atomic E-state index is 0. The summed E-state index contributed by atoms with van der Waals surface area (Å²) in [7, 11) is 0. The third-order valence-corrected chi connectivity index (χ3v) is 5.82. The summed E-state index contributed by atoms with van der Waals surface area (Å²) in [5, 5.41) is 9.74. The van der Waals surface area contributed by atoms with Crippen LogP contribution in [0.4, 0.5) is 0 Å². The summed E-state index contributed by atoms with van der Waals surface area (Å²) >= 11 is 0. The molecule has 2 fully saturated rings. The van der Waals surface area contributed by atoms with Gasteiger partial charge in [-0.25, -0.2) is 0 Å². The van der Waals surface area contributed by atoms with Crippen LogP contribution in [0.15, 0.2) is 35.3 Å². The smallest absolute Gasteiger partial charge is 0.223 e. The maximum Gasteiger partial charge on any atom is 0.223 e. The van der Waals surface area contributed by atoms with Crippen LogP contribution in [0.5, 0.6) is 0 Å². The molecule has 1 amide bonds. The van der Waals surface area contributed by atoms with Gasteiger partial charge in [0.2, 0.25) is 5.91 Å². The summed E-state index contributed by atoms with van der Waals surface area (Å²) in [5.74, 6) is 1.28. The van der Waals surface area contributed by atoms with Crippen LogP contribution in [0.3, 0.4) is 0 Å². The third-order valence-electron chi connectivity index (χ3n) is 5.82. The molecular weight excluding hydrogens is 463 g/mol. The van der Waals surface area contributed by atoms with Crippen LogP contribution >= 0.6 is 24.0 Å². The van der Waals surface area contributed by atoms with Gasteiger partial charge in [-0.15, -0.1) is 24.0 Å². The predicted molar refractivity (Wildman–Crippen MR) is 126 cm³/mol. The van der Waals surface area contributed by atoms with Crippen molar-refractivity contribution in [3.8, 4) is 0 Å². The molecule has 2 aliphatic rings. The molecule has 0 atom stereocenters. The fourth-order valence-corrected chi connectivity index (χ4v) is 3.93. The Bertz CT molecular complexity index is 625. The number of guanidine groups is 1. The van der Waals surface area contributed by atoms with Gasteiger partial charge in [0.1, 0.15) is 0 Å². The van der Waals surface area contributed by atoms with Gasteiger partial charge in [0.15, 0.2) is 5.96 Å². The summed E-state index contributed by atoms with van der Waals surface area (Å²) in [6.07, 6.45) is 8.16. The van der Waals surface area contributed by atoms with E-state index in [0.29, 0.717) is 13.1 Å². The average Bonchev–Trinajstić information content (AvgIpc) is 3.51. The van der Waals surface area contributed by atoms with Crippen LogP contribution in [-0.2, 0) is 10.2 Å². The van der Waals surface area contributed by atoms with Crippen LogP contribution < -0.4 is 16.0 Å². The van der Waals surface area contributed by atoms with E-state index < -0.39 is 0 Å². The Labute approximate surface area is 186 Å². The standard InChI is InChI=1S/C22H34N4O.HI/c1-2-23-21(25-16-15-24-20(27)18-9-5-3-6-10-18)26-17-22(13-14-22)19-11-7-4-8-12-19;/h4,7-8,11-12,18H,2-3,5-6,9-10,13-17H2,1H3,(H,24,27)(H2,23,25,26);1H. The lowest BCUT2D eigenvalue weighted by Gasteiger charge is -2.21. The minimum absolute atomic E-state index is 0. The molecule has 0 unspecified atom stereocenters. The Morgan fingerprint density at radius 3 is 2.36 bits per heavy atom. The molecule has 0 aromatic heterocycles. The molecule has 1 aromatic rings. The van der Waals surface area contributed by atoms with E-state index in [-0.39, 0.29) is 41.2 Å². The Morgan fingerprint density at radius 2 is 1.71 bits per heavy atom. The number of carbonyl (C=O) groups is 1. The zero-order valence-corrected chi connectivity index (χ0v) is 19.3. The van der Waals surface area contributed by atoms with Crippen LogP contribution in [0.2, 0.25) is 0 Å². The average molecular weight is 498 g/mol. The van der Waals surface area contributed by atoms with Crippen LogP contribution in [-0.4, -0.2) is 38.0 Å². The van der Waals surface area contributed by atoms with Crippen LogP contribution in [0.1, 0.15) is 57.4 Å². The van der Waals surface area contributed by atoms with E-state index in [2.05, 4.69) is 53.2 Å².